The van der Waals surface area contributed by atoms with Gasteiger partial charge in [0.05, 0.1) is 6.61 Å². The molecule has 1 aromatic carbocycles. The Labute approximate surface area is 108 Å². The van der Waals surface area contributed by atoms with Gasteiger partial charge in [-0.05, 0) is 25.0 Å². The zero-order chi connectivity index (χ0) is 12.3. The first kappa shape index (κ1) is 12.3. The maximum atomic E-state index is 5.78. The molecule has 0 atom stereocenters. The second-order valence-corrected chi connectivity index (χ2v) is 4.74. The Bertz CT molecular complexity index is 404. The summed E-state index contributed by atoms with van der Waals surface area (Å²) in [4.78, 5) is 2.82. The van der Waals surface area contributed by atoms with Crippen molar-refractivity contribution in [1.29, 1.82) is 0 Å². The average molecular weight is 250 g/mol. The summed E-state index contributed by atoms with van der Waals surface area (Å²) in [6.07, 6.45) is 2.49. The number of para-hydroxylation sites is 1. The van der Waals surface area contributed by atoms with E-state index in [1.807, 2.05) is 18.2 Å². The van der Waals surface area contributed by atoms with Crippen molar-refractivity contribution in [3.8, 4) is 0 Å². The Morgan fingerprint density at radius 1 is 1.47 bits per heavy atom. The molecular formula is C13H18N2OS. The smallest absolute Gasteiger partial charge is 0.106 e. The summed E-state index contributed by atoms with van der Waals surface area (Å²) in [5.41, 5.74) is 7.88. The second kappa shape index (κ2) is 5.47. The van der Waals surface area contributed by atoms with Crippen molar-refractivity contribution >= 4 is 22.9 Å². The van der Waals surface area contributed by atoms with Crippen LogP contribution in [0.5, 0.6) is 0 Å². The van der Waals surface area contributed by atoms with Gasteiger partial charge in [-0.2, -0.15) is 0 Å². The quantitative estimate of drug-likeness (QED) is 0.783. The van der Waals surface area contributed by atoms with Crippen LogP contribution in [-0.2, 0) is 4.74 Å². The highest BCUT2D eigenvalue weighted by Crippen LogP contribution is 2.33. The number of hydrogen-bond acceptors (Lipinski definition) is 3. The summed E-state index contributed by atoms with van der Waals surface area (Å²) in [5.74, 6) is 0. The normalized spacial score (nSPS) is 14.6. The Morgan fingerprint density at radius 2 is 2.18 bits per heavy atom. The molecule has 0 bridgehead atoms. The van der Waals surface area contributed by atoms with Gasteiger partial charge in [-0.25, -0.2) is 0 Å². The van der Waals surface area contributed by atoms with E-state index in [1.54, 1.807) is 7.11 Å². The van der Waals surface area contributed by atoms with Crippen LogP contribution < -0.4 is 10.6 Å². The first-order valence-electron chi connectivity index (χ1n) is 5.88. The van der Waals surface area contributed by atoms with Crippen molar-refractivity contribution in [3.63, 3.8) is 0 Å². The molecule has 4 heteroatoms. The van der Waals surface area contributed by atoms with Crippen LogP contribution in [0.4, 0.5) is 5.69 Å². The van der Waals surface area contributed by atoms with Crippen LogP contribution >= 0.6 is 12.2 Å². The van der Waals surface area contributed by atoms with E-state index < -0.39 is 0 Å². The minimum absolute atomic E-state index is 0.462. The van der Waals surface area contributed by atoms with Crippen LogP contribution in [0.3, 0.4) is 0 Å². The SMILES string of the molecule is COCCN(c1ccccc1C(N)=S)C1CC1. The monoisotopic (exact) mass is 250 g/mol. The molecule has 17 heavy (non-hydrogen) atoms. The summed E-state index contributed by atoms with van der Waals surface area (Å²) in [7, 11) is 1.73. The number of nitrogens with two attached hydrogens (primary N) is 1. The zero-order valence-corrected chi connectivity index (χ0v) is 10.9. The molecule has 1 fully saturated rings. The van der Waals surface area contributed by atoms with E-state index in [-0.39, 0.29) is 0 Å². The molecule has 3 nitrogen and oxygen atoms in total. The third kappa shape index (κ3) is 2.96. The van der Waals surface area contributed by atoms with Crippen molar-refractivity contribution in [2.45, 2.75) is 18.9 Å². The number of thiocarbonyl (C=S) groups is 1. The molecule has 0 unspecified atom stereocenters. The number of rotatable bonds is 6. The van der Waals surface area contributed by atoms with Gasteiger partial charge in [-0.1, -0.05) is 24.4 Å². The largest absolute Gasteiger partial charge is 0.389 e. The topological polar surface area (TPSA) is 38.5 Å². The van der Waals surface area contributed by atoms with Crippen molar-refractivity contribution in [3.05, 3.63) is 29.8 Å². The molecule has 92 valence electrons. The van der Waals surface area contributed by atoms with Crippen LogP contribution in [0.1, 0.15) is 18.4 Å². The zero-order valence-electron chi connectivity index (χ0n) is 10.1. The van der Waals surface area contributed by atoms with Crippen LogP contribution in [0.2, 0.25) is 0 Å². The van der Waals surface area contributed by atoms with Gasteiger partial charge < -0.3 is 15.4 Å². The number of anilines is 1. The highest BCUT2D eigenvalue weighted by Gasteiger charge is 2.30. The third-order valence-electron chi connectivity index (χ3n) is 3.00. The van der Waals surface area contributed by atoms with E-state index >= 15 is 0 Å². The van der Waals surface area contributed by atoms with Crippen LogP contribution in [0, 0.1) is 0 Å². The molecule has 1 aromatic rings. The van der Waals surface area contributed by atoms with Gasteiger partial charge in [0.1, 0.15) is 4.99 Å². The third-order valence-corrected chi connectivity index (χ3v) is 3.22. The fourth-order valence-electron chi connectivity index (χ4n) is 2.01. The summed E-state index contributed by atoms with van der Waals surface area (Å²) in [5, 5.41) is 0. The van der Waals surface area contributed by atoms with Gasteiger partial charge in [-0.15, -0.1) is 0 Å². The fourth-order valence-corrected chi connectivity index (χ4v) is 2.18. The molecule has 1 aliphatic carbocycles. The summed E-state index contributed by atoms with van der Waals surface area (Å²) in [6, 6.07) is 8.70. The Morgan fingerprint density at radius 3 is 2.76 bits per heavy atom. The highest BCUT2D eigenvalue weighted by molar-refractivity contribution is 7.80. The fraction of sp³-hybridized carbons (Fsp3) is 0.462. The number of ether oxygens (including phenoxy) is 1. The number of methoxy groups -OCH3 is 1. The number of nitrogens with zero attached hydrogens (tertiary/aromatic N) is 1. The van der Waals surface area contributed by atoms with Crippen molar-refractivity contribution < 1.29 is 4.74 Å². The maximum Gasteiger partial charge on any atom is 0.106 e. The molecule has 0 aliphatic heterocycles. The standard InChI is InChI=1S/C13H18N2OS/c1-16-9-8-15(10-6-7-10)12-5-3-2-4-11(12)13(14)17/h2-5,10H,6-9H2,1H3,(H2,14,17). The van der Waals surface area contributed by atoms with E-state index in [1.165, 1.54) is 12.8 Å². The van der Waals surface area contributed by atoms with Gasteiger partial charge in [0, 0.05) is 30.9 Å². The van der Waals surface area contributed by atoms with E-state index in [2.05, 4.69) is 11.0 Å². The highest BCUT2D eigenvalue weighted by atomic mass is 32.1. The molecule has 0 radical (unpaired) electrons. The Kier molecular flexibility index (Phi) is 3.97. The van der Waals surface area contributed by atoms with Crippen LogP contribution in [0.15, 0.2) is 24.3 Å². The lowest BCUT2D eigenvalue weighted by atomic mass is 10.1. The summed E-state index contributed by atoms with van der Waals surface area (Å²) < 4.78 is 5.17. The van der Waals surface area contributed by atoms with E-state index in [0.29, 0.717) is 11.0 Å². The molecule has 0 heterocycles. The predicted molar refractivity (Wildman–Crippen MR) is 74.6 cm³/mol. The first-order valence-corrected chi connectivity index (χ1v) is 6.29. The predicted octanol–water partition coefficient (Wildman–Crippen LogP) is 1.94. The molecule has 1 saturated carbocycles. The van der Waals surface area contributed by atoms with E-state index in [0.717, 1.165) is 24.4 Å². The number of hydrogen-bond donors (Lipinski definition) is 1. The second-order valence-electron chi connectivity index (χ2n) is 4.30. The van der Waals surface area contributed by atoms with Gasteiger partial charge in [0.2, 0.25) is 0 Å². The molecule has 2 N–H and O–H groups in total. The molecule has 1 aliphatic rings. The van der Waals surface area contributed by atoms with Crippen molar-refractivity contribution in [1.82, 2.24) is 0 Å². The first-order chi connectivity index (χ1) is 8.24. The van der Waals surface area contributed by atoms with Crippen LogP contribution in [0.25, 0.3) is 0 Å². The molecule has 2 rings (SSSR count). The lowest BCUT2D eigenvalue weighted by molar-refractivity contribution is 0.205. The Hall–Kier alpha value is -1.13. The lowest BCUT2D eigenvalue weighted by Gasteiger charge is -2.26. The van der Waals surface area contributed by atoms with Gasteiger partial charge in [-0.3, -0.25) is 0 Å². The van der Waals surface area contributed by atoms with Crippen molar-refractivity contribution in [2.24, 2.45) is 5.73 Å². The molecule has 0 saturated heterocycles. The molecule has 0 aromatic heterocycles. The van der Waals surface area contributed by atoms with E-state index in [4.69, 9.17) is 22.7 Å². The lowest BCUT2D eigenvalue weighted by Crippen LogP contribution is -2.31. The molecule has 0 amide bonds. The molecule has 0 spiro atoms. The molecular weight excluding hydrogens is 232 g/mol. The average Bonchev–Trinajstić information content (AvgIpc) is 3.14. The Balaban J connectivity index is 2.25. The number of benzene rings is 1. The minimum Gasteiger partial charge on any atom is -0.389 e. The van der Waals surface area contributed by atoms with E-state index in [9.17, 15) is 0 Å². The summed E-state index contributed by atoms with van der Waals surface area (Å²) in [6.45, 7) is 1.61. The van der Waals surface area contributed by atoms with Crippen molar-refractivity contribution in [2.75, 3.05) is 25.2 Å². The van der Waals surface area contributed by atoms with Gasteiger partial charge in [0.25, 0.3) is 0 Å². The minimum atomic E-state index is 0.462. The van der Waals surface area contributed by atoms with Crippen LogP contribution in [-0.4, -0.2) is 31.3 Å². The maximum absolute atomic E-state index is 5.78. The van der Waals surface area contributed by atoms with Gasteiger partial charge >= 0.3 is 0 Å². The van der Waals surface area contributed by atoms with Gasteiger partial charge in [0.15, 0.2) is 0 Å². The summed E-state index contributed by atoms with van der Waals surface area (Å²) >= 11 is 5.11.